The first-order valence-electron chi connectivity index (χ1n) is 5.55. The number of hydrogen-bond donors (Lipinski definition) is 0. The molecular weight excluding hydrogens is 294 g/mol. The molecule has 2 aromatic rings. The van der Waals surface area contributed by atoms with Crippen LogP contribution in [-0.4, -0.2) is 4.92 Å². The molecule has 0 saturated heterocycles. The SMILES string of the molecule is N#CSc1ccc(N=Nc2cc[n+]([O-])cc2)cc1[N+](=O)[O-]. The van der Waals surface area contributed by atoms with Crippen LogP contribution < -0.4 is 4.73 Å². The molecule has 0 saturated carbocycles. The molecule has 0 atom stereocenters. The molecule has 0 unspecified atom stereocenters. The first-order valence-corrected chi connectivity index (χ1v) is 6.37. The van der Waals surface area contributed by atoms with Gasteiger partial charge in [-0.15, -0.1) is 0 Å². The van der Waals surface area contributed by atoms with Crippen LogP contribution >= 0.6 is 11.8 Å². The summed E-state index contributed by atoms with van der Waals surface area (Å²) in [4.78, 5) is 10.6. The second-order valence-corrected chi connectivity index (χ2v) is 4.55. The number of thiocyanates is 1. The molecule has 1 aromatic heterocycles. The largest absolute Gasteiger partial charge is 0.619 e. The fourth-order valence-corrected chi connectivity index (χ4v) is 1.91. The average molecular weight is 301 g/mol. The second-order valence-electron chi connectivity index (χ2n) is 3.72. The van der Waals surface area contributed by atoms with Crippen LogP contribution in [0.25, 0.3) is 0 Å². The van der Waals surface area contributed by atoms with Crippen molar-refractivity contribution in [3.63, 3.8) is 0 Å². The number of rotatable bonds is 4. The van der Waals surface area contributed by atoms with Gasteiger partial charge in [-0.05, 0) is 23.9 Å². The van der Waals surface area contributed by atoms with Crippen LogP contribution in [0.15, 0.2) is 57.8 Å². The Bertz CT molecular complexity index is 740. The third kappa shape index (κ3) is 3.74. The molecular formula is C12H7N5O3S. The van der Waals surface area contributed by atoms with Crippen molar-refractivity contribution in [2.75, 3.05) is 0 Å². The number of aromatic nitrogens is 1. The lowest BCUT2D eigenvalue weighted by Crippen LogP contribution is -2.22. The minimum absolute atomic E-state index is 0.205. The monoisotopic (exact) mass is 301 g/mol. The molecule has 8 nitrogen and oxygen atoms in total. The molecule has 9 heteroatoms. The third-order valence-corrected chi connectivity index (χ3v) is 3.02. The van der Waals surface area contributed by atoms with Gasteiger partial charge in [0.1, 0.15) is 10.3 Å². The molecule has 0 fully saturated rings. The number of nitrogens with zero attached hydrogens (tertiary/aromatic N) is 5. The number of hydrogen-bond acceptors (Lipinski definition) is 7. The van der Waals surface area contributed by atoms with Crippen LogP contribution in [0.1, 0.15) is 0 Å². The smallest absolute Gasteiger partial charge is 0.286 e. The molecule has 1 heterocycles. The first-order chi connectivity index (χ1) is 10.1. The standard InChI is InChI=1S/C12H7N5O3S/c13-8-21-12-2-1-10(7-11(12)17(19)20)15-14-9-3-5-16(18)6-4-9/h1-7H. The van der Waals surface area contributed by atoms with E-state index < -0.39 is 4.92 Å². The van der Waals surface area contributed by atoms with Gasteiger partial charge in [0.05, 0.1) is 16.3 Å². The van der Waals surface area contributed by atoms with Crippen molar-refractivity contribution in [3.8, 4) is 5.40 Å². The Morgan fingerprint density at radius 3 is 2.48 bits per heavy atom. The molecule has 2 rings (SSSR count). The van der Waals surface area contributed by atoms with Gasteiger partial charge in [-0.2, -0.15) is 20.2 Å². The van der Waals surface area contributed by atoms with Gasteiger partial charge in [0.25, 0.3) is 5.69 Å². The minimum atomic E-state index is -0.582. The zero-order valence-electron chi connectivity index (χ0n) is 10.4. The highest BCUT2D eigenvalue weighted by molar-refractivity contribution is 8.03. The Balaban J connectivity index is 2.28. The zero-order chi connectivity index (χ0) is 15.2. The maximum atomic E-state index is 10.9. The van der Waals surface area contributed by atoms with Crippen molar-refractivity contribution in [2.24, 2.45) is 10.2 Å². The number of azo groups is 1. The van der Waals surface area contributed by atoms with E-state index in [1.807, 2.05) is 0 Å². The highest BCUT2D eigenvalue weighted by Crippen LogP contribution is 2.32. The van der Waals surface area contributed by atoms with Crippen LogP contribution in [0, 0.1) is 26.0 Å². The van der Waals surface area contributed by atoms with Crippen molar-refractivity contribution in [1.29, 1.82) is 5.26 Å². The second kappa shape index (κ2) is 6.44. The number of nitro groups is 1. The van der Waals surface area contributed by atoms with Crippen molar-refractivity contribution < 1.29 is 9.65 Å². The zero-order valence-corrected chi connectivity index (χ0v) is 11.2. The fourth-order valence-electron chi connectivity index (χ4n) is 1.43. The molecule has 0 aliphatic rings. The summed E-state index contributed by atoms with van der Waals surface area (Å²) in [5.74, 6) is 0. The van der Waals surface area contributed by atoms with E-state index in [-0.39, 0.29) is 16.3 Å². The number of thioether (sulfide) groups is 1. The molecule has 0 aliphatic carbocycles. The summed E-state index contributed by atoms with van der Waals surface area (Å²) in [5, 5.41) is 39.9. The van der Waals surface area contributed by atoms with Crippen LogP contribution in [0.2, 0.25) is 0 Å². The van der Waals surface area contributed by atoms with Crippen LogP contribution in [-0.2, 0) is 0 Å². The predicted molar refractivity (Wildman–Crippen MR) is 74.1 cm³/mol. The quantitative estimate of drug-likeness (QED) is 0.163. The summed E-state index contributed by atoms with van der Waals surface area (Å²) in [6.07, 6.45) is 2.53. The van der Waals surface area contributed by atoms with Gasteiger partial charge in [-0.1, -0.05) is 0 Å². The van der Waals surface area contributed by atoms with E-state index in [1.54, 1.807) is 5.40 Å². The highest BCUT2D eigenvalue weighted by Gasteiger charge is 2.15. The Kier molecular flexibility index (Phi) is 4.43. The van der Waals surface area contributed by atoms with Gasteiger partial charge in [-0.25, -0.2) is 0 Å². The maximum absolute atomic E-state index is 10.9. The summed E-state index contributed by atoms with van der Waals surface area (Å²) >= 11 is 0.709. The summed E-state index contributed by atoms with van der Waals surface area (Å²) < 4.78 is 0.609. The van der Waals surface area contributed by atoms with Crippen molar-refractivity contribution >= 4 is 28.8 Å². The summed E-state index contributed by atoms with van der Waals surface area (Å²) in [6.45, 7) is 0. The van der Waals surface area contributed by atoms with Gasteiger partial charge in [0.2, 0.25) is 0 Å². The van der Waals surface area contributed by atoms with Crippen molar-refractivity contribution in [1.82, 2.24) is 0 Å². The van der Waals surface area contributed by atoms with E-state index in [2.05, 4.69) is 10.2 Å². The average Bonchev–Trinajstić information content (AvgIpc) is 2.48. The highest BCUT2D eigenvalue weighted by atomic mass is 32.2. The van der Waals surface area contributed by atoms with Gasteiger partial charge in [-0.3, -0.25) is 10.1 Å². The summed E-state index contributed by atoms with van der Waals surface area (Å²) in [5.41, 5.74) is 0.520. The van der Waals surface area contributed by atoms with Gasteiger partial charge >= 0.3 is 0 Å². The molecule has 21 heavy (non-hydrogen) atoms. The van der Waals surface area contributed by atoms with E-state index in [0.29, 0.717) is 22.2 Å². The molecule has 104 valence electrons. The maximum Gasteiger partial charge on any atom is 0.286 e. The van der Waals surface area contributed by atoms with Crippen LogP contribution in [0.5, 0.6) is 0 Å². The predicted octanol–water partition coefficient (Wildman–Crippen LogP) is 3.22. The Labute approximate surface area is 123 Å². The summed E-state index contributed by atoms with van der Waals surface area (Å²) in [6, 6.07) is 7.12. The third-order valence-electron chi connectivity index (χ3n) is 2.36. The number of nitriles is 1. The van der Waals surface area contributed by atoms with E-state index in [1.165, 1.54) is 42.7 Å². The van der Waals surface area contributed by atoms with E-state index in [4.69, 9.17) is 5.26 Å². The van der Waals surface area contributed by atoms with Gasteiger partial charge in [0, 0.05) is 18.2 Å². The minimum Gasteiger partial charge on any atom is -0.619 e. The van der Waals surface area contributed by atoms with E-state index >= 15 is 0 Å². The normalized spacial score (nSPS) is 10.4. The topological polar surface area (TPSA) is 119 Å². The number of benzene rings is 1. The Morgan fingerprint density at radius 1 is 1.19 bits per heavy atom. The Morgan fingerprint density at radius 2 is 1.86 bits per heavy atom. The molecule has 0 bridgehead atoms. The lowest BCUT2D eigenvalue weighted by Gasteiger charge is -1.99. The first kappa shape index (κ1) is 14.4. The van der Waals surface area contributed by atoms with E-state index in [0.717, 1.165) is 0 Å². The number of nitro benzene ring substituents is 1. The molecule has 0 amide bonds. The fraction of sp³-hybridized carbons (Fsp3) is 0. The molecule has 0 radical (unpaired) electrons. The lowest BCUT2D eigenvalue weighted by atomic mass is 10.3. The van der Waals surface area contributed by atoms with E-state index in [9.17, 15) is 15.3 Å². The molecule has 1 aromatic carbocycles. The van der Waals surface area contributed by atoms with Gasteiger partial charge < -0.3 is 5.21 Å². The summed E-state index contributed by atoms with van der Waals surface area (Å²) in [7, 11) is 0. The van der Waals surface area contributed by atoms with Crippen molar-refractivity contribution in [2.45, 2.75) is 4.90 Å². The molecule has 0 aliphatic heterocycles. The van der Waals surface area contributed by atoms with Crippen LogP contribution in [0.4, 0.5) is 17.1 Å². The Hall–Kier alpha value is -2.99. The lowest BCUT2D eigenvalue weighted by molar-refractivity contribution is -0.605. The van der Waals surface area contributed by atoms with Crippen LogP contribution in [0.3, 0.4) is 0 Å². The number of pyridine rings is 1. The molecule has 0 spiro atoms. The van der Waals surface area contributed by atoms with Crippen molar-refractivity contribution in [3.05, 3.63) is 58.0 Å². The van der Waals surface area contributed by atoms with Gasteiger partial charge in [0.15, 0.2) is 12.4 Å². The molecule has 0 N–H and O–H groups in total.